The van der Waals surface area contributed by atoms with Crippen molar-refractivity contribution in [2.24, 2.45) is 0 Å². The molecule has 0 spiro atoms. The number of hydrogen-bond donors (Lipinski definition) is 3. The van der Waals surface area contributed by atoms with Crippen molar-refractivity contribution in [3.05, 3.63) is 97.1 Å². The molecule has 2 aromatic heterocycles. The summed E-state index contributed by atoms with van der Waals surface area (Å²) in [5.41, 5.74) is 3.11. The number of rotatable bonds is 7. The molecule has 2 heterocycles. The Morgan fingerprint density at radius 1 is 0.968 bits per heavy atom. The molecule has 0 saturated heterocycles. The minimum atomic E-state index is -1.42. The molecule has 0 aliphatic carbocycles. The summed E-state index contributed by atoms with van der Waals surface area (Å²) in [5.74, 6) is 0. The first kappa shape index (κ1) is 20.5. The number of amides is 2. The normalized spacial score (nSPS) is 11.5. The van der Waals surface area contributed by atoms with Crippen molar-refractivity contribution >= 4 is 28.8 Å². The van der Waals surface area contributed by atoms with E-state index in [1.165, 1.54) is 0 Å². The van der Waals surface area contributed by atoms with Crippen LogP contribution in [0.5, 0.6) is 0 Å². The Labute approximate surface area is 182 Å². The van der Waals surface area contributed by atoms with Crippen LogP contribution < -0.4 is 15.4 Å². The van der Waals surface area contributed by atoms with Gasteiger partial charge in [0.25, 0.3) is 0 Å². The molecule has 0 saturated carbocycles. The van der Waals surface area contributed by atoms with Gasteiger partial charge in [0.15, 0.2) is 4.90 Å². The first-order valence-corrected chi connectivity index (χ1v) is 10.6. The Hall–Kier alpha value is -3.82. The van der Waals surface area contributed by atoms with Crippen molar-refractivity contribution in [2.75, 3.05) is 10.0 Å². The lowest BCUT2D eigenvalue weighted by Gasteiger charge is -2.13. The van der Waals surface area contributed by atoms with Crippen LogP contribution in [0.4, 0.5) is 16.2 Å². The zero-order valence-corrected chi connectivity index (χ0v) is 17.3. The molecule has 0 aliphatic heterocycles. The number of nitrogens with zero attached hydrogens (tertiary/aromatic N) is 3. The maximum Gasteiger partial charge on any atom is 0.319 e. The van der Waals surface area contributed by atoms with Crippen LogP contribution in [0.1, 0.15) is 5.56 Å². The molecule has 0 aliphatic rings. The van der Waals surface area contributed by atoms with Crippen LogP contribution in [0.3, 0.4) is 0 Å². The third kappa shape index (κ3) is 5.62. The Balaban J connectivity index is 1.29. The van der Waals surface area contributed by atoms with E-state index in [9.17, 15) is 9.35 Å². The summed E-state index contributed by atoms with van der Waals surface area (Å²) in [6.45, 7) is 0.386. The van der Waals surface area contributed by atoms with Crippen LogP contribution in [-0.4, -0.2) is 25.3 Å². The second-order valence-electron chi connectivity index (χ2n) is 6.56. The summed E-state index contributed by atoms with van der Waals surface area (Å²) in [6, 6.07) is 19.5. The number of carbonyl (C=O) groups is 1. The number of hydrogen-bond acceptors (Lipinski definition) is 5. The van der Waals surface area contributed by atoms with Crippen LogP contribution in [0.15, 0.2) is 96.4 Å². The van der Waals surface area contributed by atoms with E-state index < -0.39 is 11.4 Å². The van der Waals surface area contributed by atoms with Gasteiger partial charge in [-0.2, -0.15) is 5.10 Å². The van der Waals surface area contributed by atoms with Gasteiger partial charge in [-0.3, -0.25) is 4.98 Å². The number of aromatic nitrogens is 3. The van der Waals surface area contributed by atoms with Gasteiger partial charge in [-0.15, -0.1) is 0 Å². The SMILES string of the molecule is O=C(NCc1cccnc1)Nc1ccc(N[S+]([O-])c2ccc(-n3cccn3)cc2)cc1. The lowest BCUT2D eigenvalue weighted by atomic mass is 10.3. The minimum absolute atomic E-state index is 0.314. The summed E-state index contributed by atoms with van der Waals surface area (Å²) in [5, 5.41) is 9.70. The maximum absolute atomic E-state index is 12.6. The fourth-order valence-electron chi connectivity index (χ4n) is 2.79. The average molecular weight is 433 g/mol. The Kier molecular flexibility index (Phi) is 6.46. The van der Waals surface area contributed by atoms with Gasteiger partial charge in [0.1, 0.15) is 11.4 Å². The Bertz CT molecular complexity index is 1100. The first-order chi connectivity index (χ1) is 15.2. The molecule has 31 heavy (non-hydrogen) atoms. The lowest BCUT2D eigenvalue weighted by molar-refractivity contribution is 0.251. The fourth-order valence-corrected chi connectivity index (χ4v) is 3.64. The maximum atomic E-state index is 12.6. The van der Waals surface area contributed by atoms with E-state index in [0.717, 1.165) is 11.3 Å². The summed E-state index contributed by atoms with van der Waals surface area (Å²) in [6.07, 6.45) is 6.93. The fraction of sp³-hybridized carbons (Fsp3) is 0.0455. The standard InChI is InChI=1S/C22H20N6O2S/c29-22(24-16-17-3-1-12-23-15-17)26-18-4-6-19(7-5-18)27-31(30)21-10-8-20(9-11-21)28-14-2-13-25-28/h1-15,27H,16H2,(H2,24,26,29). The zero-order valence-electron chi connectivity index (χ0n) is 16.4. The summed E-state index contributed by atoms with van der Waals surface area (Å²) >= 11 is -1.42. The van der Waals surface area contributed by atoms with Gasteiger partial charge < -0.3 is 15.2 Å². The van der Waals surface area contributed by atoms with E-state index in [0.29, 0.717) is 22.8 Å². The van der Waals surface area contributed by atoms with E-state index in [4.69, 9.17) is 0 Å². The Morgan fingerprint density at radius 2 is 1.74 bits per heavy atom. The van der Waals surface area contributed by atoms with Gasteiger partial charge in [-0.05, 0) is 66.2 Å². The van der Waals surface area contributed by atoms with E-state index in [1.807, 2.05) is 36.5 Å². The van der Waals surface area contributed by atoms with Crippen LogP contribution in [0.2, 0.25) is 0 Å². The molecular weight excluding hydrogens is 412 g/mol. The molecule has 0 bridgehead atoms. The van der Waals surface area contributed by atoms with Crippen molar-refractivity contribution in [1.82, 2.24) is 20.1 Å². The van der Waals surface area contributed by atoms with Crippen LogP contribution in [0, 0.1) is 0 Å². The molecule has 1 atom stereocenters. The van der Waals surface area contributed by atoms with Gasteiger partial charge in [0.2, 0.25) is 0 Å². The van der Waals surface area contributed by atoms with Gasteiger partial charge in [0, 0.05) is 37.0 Å². The number of nitrogens with one attached hydrogen (secondary N) is 3. The average Bonchev–Trinajstić information content (AvgIpc) is 3.35. The molecular formula is C22H20N6O2S. The largest absolute Gasteiger partial charge is 0.588 e. The van der Waals surface area contributed by atoms with Crippen LogP contribution >= 0.6 is 0 Å². The molecule has 1 unspecified atom stereocenters. The monoisotopic (exact) mass is 432 g/mol. The molecule has 4 rings (SSSR count). The third-order valence-corrected chi connectivity index (χ3v) is 5.47. The van der Waals surface area contributed by atoms with Crippen molar-refractivity contribution in [2.45, 2.75) is 11.4 Å². The highest BCUT2D eigenvalue weighted by Crippen LogP contribution is 2.19. The molecule has 3 N–H and O–H groups in total. The van der Waals surface area contributed by atoms with Gasteiger partial charge in [0.05, 0.1) is 11.4 Å². The number of anilines is 2. The van der Waals surface area contributed by atoms with Gasteiger partial charge in [-0.1, -0.05) is 6.07 Å². The number of benzene rings is 2. The van der Waals surface area contributed by atoms with Crippen molar-refractivity contribution in [3.8, 4) is 5.69 Å². The highest BCUT2D eigenvalue weighted by molar-refractivity contribution is 7.92. The van der Waals surface area contributed by atoms with E-state index in [1.54, 1.807) is 59.7 Å². The van der Waals surface area contributed by atoms with Crippen LogP contribution in [-0.2, 0) is 17.9 Å². The van der Waals surface area contributed by atoms with Crippen molar-refractivity contribution in [1.29, 1.82) is 0 Å². The van der Waals surface area contributed by atoms with Crippen LogP contribution in [0.25, 0.3) is 5.69 Å². The number of carbonyl (C=O) groups excluding carboxylic acids is 1. The van der Waals surface area contributed by atoms with E-state index in [2.05, 4.69) is 25.4 Å². The lowest BCUT2D eigenvalue weighted by Crippen LogP contribution is -2.28. The zero-order chi connectivity index (χ0) is 21.5. The highest BCUT2D eigenvalue weighted by Gasteiger charge is 2.12. The summed E-state index contributed by atoms with van der Waals surface area (Å²) in [4.78, 5) is 16.7. The van der Waals surface area contributed by atoms with E-state index in [-0.39, 0.29) is 6.03 Å². The molecule has 2 amide bonds. The minimum Gasteiger partial charge on any atom is -0.588 e. The number of pyridine rings is 1. The second-order valence-corrected chi connectivity index (χ2v) is 7.77. The predicted octanol–water partition coefficient (Wildman–Crippen LogP) is 3.72. The molecule has 2 aromatic carbocycles. The first-order valence-electron chi connectivity index (χ1n) is 9.50. The predicted molar refractivity (Wildman–Crippen MR) is 120 cm³/mol. The summed E-state index contributed by atoms with van der Waals surface area (Å²) < 4.78 is 17.3. The molecule has 8 nitrogen and oxygen atoms in total. The van der Waals surface area contributed by atoms with Crippen molar-refractivity contribution < 1.29 is 9.35 Å². The molecule has 0 radical (unpaired) electrons. The summed E-state index contributed by atoms with van der Waals surface area (Å²) in [7, 11) is 0. The van der Waals surface area contributed by atoms with Gasteiger partial charge in [-0.25, -0.2) is 14.2 Å². The smallest absolute Gasteiger partial charge is 0.319 e. The third-order valence-electron chi connectivity index (χ3n) is 4.35. The topological polar surface area (TPSA) is 107 Å². The second kappa shape index (κ2) is 9.79. The molecule has 9 heteroatoms. The number of urea groups is 1. The molecule has 0 fully saturated rings. The van der Waals surface area contributed by atoms with Gasteiger partial charge >= 0.3 is 6.03 Å². The Morgan fingerprint density at radius 3 is 2.42 bits per heavy atom. The van der Waals surface area contributed by atoms with Crippen molar-refractivity contribution in [3.63, 3.8) is 0 Å². The van der Waals surface area contributed by atoms with E-state index >= 15 is 0 Å². The quantitative estimate of drug-likeness (QED) is 0.386. The molecule has 4 aromatic rings. The molecule has 156 valence electrons. The highest BCUT2D eigenvalue weighted by atomic mass is 32.2.